The molecule has 3 aliphatic rings. The fraction of sp³-hybridized carbons (Fsp3) is 0.259. The number of carbonyl (C=O) groups excluding carboxylic acids is 1. The average Bonchev–Trinajstić information content (AvgIpc) is 3.07. The lowest BCUT2D eigenvalue weighted by atomic mass is 9.92. The quantitative estimate of drug-likeness (QED) is 0.499. The van der Waals surface area contributed by atoms with Gasteiger partial charge in [0.25, 0.3) is 5.91 Å². The summed E-state index contributed by atoms with van der Waals surface area (Å²) >= 11 is 0. The second-order valence-electron chi connectivity index (χ2n) is 8.25. The third-order valence-corrected chi connectivity index (χ3v) is 6.80. The predicted molar refractivity (Wildman–Crippen MR) is 142 cm³/mol. The van der Waals surface area contributed by atoms with Crippen LogP contribution in [0.3, 0.4) is 0 Å². The van der Waals surface area contributed by atoms with Gasteiger partial charge >= 0.3 is 0 Å². The number of amides is 1. The molecule has 1 aromatic heterocycles. The summed E-state index contributed by atoms with van der Waals surface area (Å²) in [5, 5.41) is 2.15. The molecule has 6 rings (SSSR count). The van der Waals surface area contributed by atoms with Crippen molar-refractivity contribution in [2.24, 2.45) is 0 Å². The predicted octanol–water partition coefficient (Wildman–Crippen LogP) is 4.31. The second-order valence-corrected chi connectivity index (χ2v) is 8.48. The molecule has 8 heteroatoms. The van der Waals surface area contributed by atoms with Gasteiger partial charge in [-0.05, 0) is 22.3 Å². The maximum absolute atomic E-state index is 13.6. The number of aromatic nitrogens is 1. The molecule has 1 aliphatic carbocycles. The minimum absolute atomic E-state index is 0. The van der Waals surface area contributed by atoms with Gasteiger partial charge in [0.2, 0.25) is 11.2 Å². The van der Waals surface area contributed by atoms with Crippen LogP contribution in [0, 0.1) is 0 Å². The summed E-state index contributed by atoms with van der Waals surface area (Å²) in [4.78, 5) is 27.9. The van der Waals surface area contributed by atoms with E-state index in [2.05, 4.69) is 50.9 Å². The third-order valence-electron chi connectivity index (χ3n) is 6.56. The minimum Gasteiger partial charge on any atom is -0.474 e. The smallest absolute Gasteiger partial charge is 0.278 e. The number of hydrogen-bond donors (Lipinski definition) is 0. The first kappa shape index (κ1) is 23.3. The highest BCUT2D eigenvalue weighted by Gasteiger charge is 2.45. The summed E-state index contributed by atoms with van der Waals surface area (Å²) in [6.45, 7) is 5.25. The van der Waals surface area contributed by atoms with Crippen molar-refractivity contribution in [1.82, 2.24) is 9.58 Å². The Hall–Kier alpha value is -3.41. The van der Waals surface area contributed by atoms with E-state index in [1.165, 1.54) is 6.07 Å². The van der Waals surface area contributed by atoms with Crippen molar-refractivity contribution in [3.8, 4) is 5.75 Å². The summed E-state index contributed by atoms with van der Waals surface area (Å²) < 4.78 is 13.0. The SMILES string of the molecule is CC.O=C1c2c(OP)c(=O)ccn2N(C2c3ccccc3C=Cc3ccccc32)C2COCCN12.[2HH]. The number of carbonyl (C=O) groups is 1. The summed E-state index contributed by atoms with van der Waals surface area (Å²) in [5.74, 6) is -0.209. The van der Waals surface area contributed by atoms with Gasteiger partial charge in [-0.3, -0.25) is 19.3 Å². The van der Waals surface area contributed by atoms with E-state index in [1.807, 2.05) is 38.1 Å². The Labute approximate surface area is 208 Å². The molecule has 0 N–H and O–H groups in total. The first-order valence-electron chi connectivity index (χ1n) is 11.8. The Kier molecular flexibility index (Phi) is 6.46. The lowest BCUT2D eigenvalue weighted by molar-refractivity contribution is -0.0195. The largest absolute Gasteiger partial charge is 0.474 e. The monoisotopic (exact) mass is 492 g/mol. The Morgan fingerprint density at radius 3 is 2.23 bits per heavy atom. The third kappa shape index (κ3) is 3.76. The number of nitrogens with zero attached hydrogens (tertiary/aromatic N) is 3. The highest BCUT2D eigenvalue weighted by molar-refractivity contribution is 7.10. The zero-order valence-corrected chi connectivity index (χ0v) is 20.9. The number of ether oxygens (including phenoxy) is 1. The lowest BCUT2D eigenvalue weighted by Gasteiger charge is -2.51. The number of pyridine rings is 1. The molecular weight excluding hydrogens is 461 g/mol. The van der Waals surface area contributed by atoms with Crippen molar-refractivity contribution in [2.75, 3.05) is 24.8 Å². The van der Waals surface area contributed by atoms with Crippen LogP contribution >= 0.6 is 9.47 Å². The van der Waals surface area contributed by atoms with Crippen LogP contribution in [0.25, 0.3) is 12.2 Å². The van der Waals surface area contributed by atoms with E-state index in [0.717, 1.165) is 22.3 Å². The standard InChI is InChI=1S/C25H22N3O4P.C2H6.H2/c29-20-11-12-27-23(24(20)32-33)25(30)26-13-14-31-15-21(26)28(27)22-18-7-3-1-5-16(18)9-10-17-6-2-4-8-19(17)22;1-2;/h1-12,21-22H,13-15,33H2;1-2H3;1H/i;;1+1. The van der Waals surface area contributed by atoms with Gasteiger partial charge in [-0.25, -0.2) is 0 Å². The fourth-order valence-corrected chi connectivity index (χ4v) is 5.32. The second kappa shape index (κ2) is 9.68. The molecule has 2 unspecified atom stereocenters. The van der Waals surface area contributed by atoms with E-state index in [-0.39, 0.29) is 36.4 Å². The minimum atomic E-state index is -0.345. The highest BCUT2D eigenvalue weighted by Crippen LogP contribution is 2.40. The molecule has 7 nitrogen and oxygen atoms in total. The summed E-state index contributed by atoms with van der Waals surface area (Å²) in [7, 11) is 2.10. The van der Waals surface area contributed by atoms with Crippen molar-refractivity contribution < 1.29 is 15.5 Å². The van der Waals surface area contributed by atoms with Gasteiger partial charge in [0.05, 0.1) is 28.7 Å². The van der Waals surface area contributed by atoms with Crippen LogP contribution in [0.15, 0.2) is 65.6 Å². The maximum atomic E-state index is 13.6. The van der Waals surface area contributed by atoms with Gasteiger partial charge in [0, 0.05) is 20.2 Å². The Balaban J connectivity index is 0.000000990. The van der Waals surface area contributed by atoms with Crippen molar-refractivity contribution in [1.29, 1.82) is 0 Å². The molecule has 2 aromatic carbocycles. The topological polar surface area (TPSA) is 64.0 Å². The Morgan fingerprint density at radius 2 is 1.60 bits per heavy atom. The van der Waals surface area contributed by atoms with Gasteiger partial charge in [0.15, 0.2) is 5.69 Å². The molecule has 2 aliphatic heterocycles. The van der Waals surface area contributed by atoms with Crippen molar-refractivity contribution in [3.05, 3.63) is 99.0 Å². The lowest BCUT2D eigenvalue weighted by Crippen LogP contribution is -2.66. The summed E-state index contributed by atoms with van der Waals surface area (Å²) in [6, 6.07) is 17.7. The van der Waals surface area contributed by atoms with Crippen LogP contribution in [-0.2, 0) is 4.74 Å². The molecule has 2 atom stereocenters. The van der Waals surface area contributed by atoms with Crippen molar-refractivity contribution in [2.45, 2.75) is 26.1 Å². The van der Waals surface area contributed by atoms with E-state index >= 15 is 0 Å². The Morgan fingerprint density at radius 1 is 0.971 bits per heavy atom. The summed E-state index contributed by atoms with van der Waals surface area (Å²) in [6.07, 6.45) is 5.57. The van der Waals surface area contributed by atoms with E-state index in [9.17, 15) is 9.59 Å². The highest BCUT2D eigenvalue weighted by atomic mass is 31.0. The van der Waals surface area contributed by atoms with E-state index < -0.39 is 0 Å². The van der Waals surface area contributed by atoms with Gasteiger partial charge < -0.3 is 14.2 Å². The molecule has 0 bridgehead atoms. The first-order valence-corrected chi connectivity index (χ1v) is 12.3. The van der Waals surface area contributed by atoms with Crippen LogP contribution < -0.4 is 15.0 Å². The molecule has 0 spiro atoms. The van der Waals surface area contributed by atoms with Crippen molar-refractivity contribution in [3.63, 3.8) is 0 Å². The van der Waals surface area contributed by atoms with Crippen molar-refractivity contribution >= 4 is 27.5 Å². The average molecular weight is 493 g/mol. The fourth-order valence-electron chi connectivity index (χ4n) is 5.09. The zero-order chi connectivity index (χ0) is 24.5. The van der Waals surface area contributed by atoms with Crippen LogP contribution in [0.4, 0.5) is 0 Å². The van der Waals surface area contributed by atoms with Gasteiger partial charge in [0.1, 0.15) is 6.17 Å². The van der Waals surface area contributed by atoms with E-state index in [4.69, 9.17) is 9.26 Å². The molecule has 182 valence electrons. The molecule has 1 amide bonds. The van der Waals surface area contributed by atoms with Gasteiger partial charge in [-0.15, -0.1) is 0 Å². The van der Waals surface area contributed by atoms with Gasteiger partial charge in [-0.1, -0.05) is 74.5 Å². The normalized spacial score (nSPS) is 18.4. The van der Waals surface area contributed by atoms with Crippen LogP contribution in [0.1, 0.15) is 54.1 Å². The molecule has 3 aromatic rings. The molecule has 35 heavy (non-hydrogen) atoms. The van der Waals surface area contributed by atoms with E-state index in [0.29, 0.717) is 19.8 Å². The number of rotatable bonds is 2. The molecule has 1 fully saturated rings. The van der Waals surface area contributed by atoms with Crippen LogP contribution in [-0.4, -0.2) is 41.4 Å². The number of fused-ring (bicyclic) bond motifs is 4. The first-order chi connectivity index (χ1) is 17.2. The molecular formula is C27H30N3O4P. The molecule has 1 saturated heterocycles. The molecule has 0 saturated carbocycles. The Bertz CT molecular complexity index is 1310. The number of morpholine rings is 1. The summed E-state index contributed by atoms with van der Waals surface area (Å²) in [5.41, 5.74) is 4.31. The number of hydrogen-bond acceptors (Lipinski definition) is 5. The maximum Gasteiger partial charge on any atom is 0.278 e. The molecule has 3 heterocycles. The number of benzene rings is 2. The van der Waals surface area contributed by atoms with Gasteiger partial charge in [-0.2, -0.15) is 0 Å². The van der Waals surface area contributed by atoms with Crippen LogP contribution in [0.5, 0.6) is 5.75 Å². The van der Waals surface area contributed by atoms with E-state index in [1.54, 1.807) is 15.8 Å². The zero-order valence-electron chi connectivity index (χ0n) is 19.8. The van der Waals surface area contributed by atoms with Crippen LogP contribution in [0.2, 0.25) is 0 Å². The molecule has 0 radical (unpaired) electrons.